The van der Waals surface area contributed by atoms with Crippen LogP contribution in [0.15, 0.2) is 52.0 Å². The first kappa shape index (κ1) is 7.25. The molecule has 1 aromatic carbocycles. The molecule has 0 aliphatic carbocycles. The molecule has 0 spiro atoms. The number of para-hydroxylation sites is 1. The van der Waals surface area contributed by atoms with Crippen LogP contribution in [-0.4, -0.2) is 5.01 Å². The number of nitrogens with one attached hydrogen (secondary N) is 1. The van der Waals surface area contributed by atoms with Crippen molar-refractivity contribution in [1.82, 2.24) is 10.5 Å². The minimum Gasteiger partial charge on any atom is -0.255 e. The third kappa shape index (κ3) is 0.922. The Hall–Kier alpha value is -2.17. The summed E-state index contributed by atoms with van der Waals surface area (Å²) in [7, 11) is 0. The Labute approximate surface area is 79.7 Å². The zero-order valence-corrected chi connectivity index (χ0v) is 7.25. The summed E-state index contributed by atoms with van der Waals surface area (Å²) in [5, 5.41) is 11.4. The van der Waals surface area contributed by atoms with Gasteiger partial charge in [0.25, 0.3) is 0 Å². The highest BCUT2D eigenvalue weighted by atomic mass is 15.8. The van der Waals surface area contributed by atoms with E-state index in [9.17, 15) is 0 Å². The highest BCUT2D eigenvalue weighted by Crippen LogP contribution is 2.10. The summed E-state index contributed by atoms with van der Waals surface area (Å²) < 4.78 is 0. The number of nitrogens with zero attached hydrogens (tertiary/aromatic N) is 4. The summed E-state index contributed by atoms with van der Waals surface area (Å²) in [5.74, 6) is 0.776. The third-order valence-corrected chi connectivity index (χ3v) is 2.10. The van der Waals surface area contributed by atoms with Crippen molar-refractivity contribution in [2.75, 3.05) is 0 Å². The van der Waals surface area contributed by atoms with Gasteiger partial charge in [-0.15, -0.1) is 5.11 Å². The second-order valence-electron chi connectivity index (χ2n) is 2.94. The second-order valence-corrected chi connectivity index (χ2v) is 2.94. The maximum absolute atomic E-state index is 4.28. The van der Waals surface area contributed by atoms with Gasteiger partial charge in [-0.05, 0) is 12.1 Å². The monoisotopic (exact) mass is 185 g/mol. The Morgan fingerprint density at radius 2 is 2.14 bits per heavy atom. The van der Waals surface area contributed by atoms with Crippen molar-refractivity contribution in [3.8, 4) is 0 Å². The van der Waals surface area contributed by atoms with E-state index < -0.39 is 0 Å². The molecule has 0 saturated carbocycles. The lowest BCUT2D eigenvalue weighted by molar-refractivity contribution is 0.423. The van der Waals surface area contributed by atoms with Gasteiger partial charge in [0.2, 0.25) is 0 Å². The van der Waals surface area contributed by atoms with Crippen LogP contribution in [0.25, 0.3) is 5.82 Å². The largest absolute Gasteiger partial charge is 0.255 e. The Bertz CT molecular complexity index is 543. The first-order valence-corrected chi connectivity index (χ1v) is 4.25. The summed E-state index contributed by atoms with van der Waals surface area (Å²) in [4.78, 5) is 4.28. The molecule has 2 heterocycles. The Kier molecular flexibility index (Phi) is 1.38. The molecule has 0 saturated heterocycles. The fraction of sp³-hybridized carbons (Fsp3) is 0. The van der Waals surface area contributed by atoms with E-state index in [2.05, 4.69) is 20.9 Å². The highest BCUT2D eigenvalue weighted by Gasteiger charge is 2.13. The maximum Gasteiger partial charge on any atom is 0.186 e. The van der Waals surface area contributed by atoms with Crippen LogP contribution in [0.5, 0.6) is 0 Å². The quantitative estimate of drug-likeness (QED) is 0.620. The molecule has 5 heteroatoms. The lowest BCUT2D eigenvalue weighted by atomic mass is 10.3. The number of hydrogen-bond acceptors (Lipinski definition) is 5. The van der Waals surface area contributed by atoms with Gasteiger partial charge >= 0.3 is 0 Å². The van der Waals surface area contributed by atoms with Gasteiger partial charge < -0.3 is 0 Å². The zero-order valence-electron chi connectivity index (χ0n) is 7.25. The van der Waals surface area contributed by atoms with Crippen LogP contribution >= 0.6 is 0 Å². The summed E-state index contributed by atoms with van der Waals surface area (Å²) in [6.07, 6.45) is 3.50. The minimum atomic E-state index is 0.776. The molecule has 0 amide bonds. The molecule has 2 aliphatic rings. The topological polar surface area (TPSA) is 52.3 Å². The normalized spacial score (nSPS) is 16.9. The van der Waals surface area contributed by atoms with Crippen LogP contribution < -0.4 is 16.1 Å². The average molecular weight is 185 g/mol. The number of hydrogen-bond donors (Lipinski definition) is 1. The number of hydrazine groups is 1. The van der Waals surface area contributed by atoms with Crippen LogP contribution in [0.4, 0.5) is 0 Å². The molecule has 0 bridgehead atoms. The second kappa shape index (κ2) is 2.66. The Balaban J connectivity index is 2.46. The Morgan fingerprint density at radius 1 is 1.21 bits per heavy atom. The molecule has 68 valence electrons. The molecule has 0 atom stereocenters. The smallest absolute Gasteiger partial charge is 0.186 e. The first-order chi connectivity index (χ1) is 6.95. The molecule has 0 fully saturated rings. The molecule has 1 N–H and O–H groups in total. The summed E-state index contributed by atoms with van der Waals surface area (Å²) in [5.41, 5.74) is 2.75. The van der Waals surface area contributed by atoms with E-state index in [0.29, 0.717) is 0 Å². The molecule has 0 aromatic heterocycles. The van der Waals surface area contributed by atoms with Crippen molar-refractivity contribution in [2.24, 2.45) is 15.3 Å². The van der Waals surface area contributed by atoms with Crippen molar-refractivity contribution in [1.29, 1.82) is 0 Å². The van der Waals surface area contributed by atoms with Crippen molar-refractivity contribution in [2.45, 2.75) is 0 Å². The van der Waals surface area contributed by atoms with Gasteiger partial charge in [-0.2, -0.15) is 5.53 Å². The van der Waals surface area contributed by atoms with Crippen molar-refractivity contribution < 1.29 is 0 Å². The SMILES string of the molecule is C1=CN2NN=NC2=c2ccccc2=N1. The van der Waals surface area contributed by atoms with E-state index in [1.165, 1.54) is 0 Å². The van der Waals surface area contributed by atoms with Crippen molar-refractivity contribution >= 4 is 5.82 Å². The molecular weight excluding hydrogens is 178 g/mol. The minimum absolute atomic E-state index is 0.776. The van der Waals surface area contributed by atoms with Gasteiger partial charge in [0.1, 0.15) is 0 Å². The van der Waals surface area contributed by atoms with E-state index in [-0.39, 0.29) is 0 Å². The molecule has 0 radical (unpaired) electrons. The molecule has 14 heavy (non-hydrogen) atoms. The van der Waals surface area contributed by atoms with Gasteiger partial charge in [0, 0.05) is 17.6 Å². The summed E-state index contributed by atoms with van der Waals surface area (Å²) in [6.45, 7) is 0. The third-order valence-electron chi connectivity index (χ3n) is 2.10. The van der Waals surface area contributed by atoms with Crippen LogP contribution in [0.1, 0.15) is 0 Å². The average Bonchev–Trinajstić information content (AvgIpc) is 2.61. The van der Waals surface area contributed by atoms with E-state index in [4.69, 9.17) is 0 Å². The lowest BCUT2D eigenvalue weighted by Gasteiger charge is -2.08. The van der Waals surface area contributed by atoms with Gasteiger partial charge in [0.15, 0.2) is 5.82 Å². The van der Waals surface area contributed by atoms with Gasteiger partial charge in [0.05, 0.1) is 5.36 Å². The lowest BCUT2D eigenvalue weighted by Crippen LogP contribution is -2.31. The van der Waals surface area contributed by atoms with E-state index in [0.717, 1.165) is 16.4 Å². The fourth-order valence-electron chi connectivity index (χ4n) is 1.46. The van der Waals surface area contributed by atoms with E-state index >= 15 is 0 Å². The van der Waals surface area contributed by atoms with E-state index in [1.54, 1.807) is 17.4 Å². The molecule has 5 nitrogen and oxygen atoms in total. The van der Waals surface area contributed by atoms with E-state index in [1.807, 2.05) is 24.3 Å². The van der Waals surface area contributed by atoms with Crippen molar-refractivity contribution in [3.05, 3.63) is 47.2 Å². The molecule has 3 rings (SSSR count). The fourth-order valence-corrected chi connectivity index (χ4v) is 1.46. The summed E-state index contributed by atoms with van der Waals surface area (Å²) in [6, 6.07) is 7.83. The predicted molar refractivity (Wildman–Crippen MR) is 49.6 cm³/mol. The Morgan fingerprint density at radius 3 is 3.14 bits per heavy atom. The van der Waals surface area contributed by atoms with Crippen molar-refractivity contribution in [3.63, 3.8) is 0 Å². The van der Waals surface area contributed by atoms with Gasteiger partial charge in [-0.1, -0.05) is 17.4 Å². The zero-order chi connectivity index (χ0) is 9.38. The standard InChI is InChI=1S/C9H7N5/c1-2-4-8-7(3-1)9-11-12-13-14(9)6-5-10-8/h1-6H,(H,11,13). The first-order valence-electron chi connectivity index (χ1n) is 4.25. The van der Waals surface area contributed by atoms with Gasteiger partial charge in [-0.3, -0.25) is 4.99 Å². The molecule has 2 aliphatic heterocycles. The van der Waals surface area contributed by atoms with Crippen LogP contribution in [0.2, 0.25) is 0 Å². The number of fused-ring (bicyclic) bond motifs is 2. The maximum atomic E-state index is 4.28. The number of rotatable bonds is 0. The highest BCUT2D eigenvalue weighted by molar-refractivity contribution is 5.43. The predicted octanol–water partition coefficient (Wildman–Crippen LogP) is 0.0441. The van der Waals surface area contributed by atoms with Crippen LogP contribution in [0.3, 0.4) is 0 Å². The summed E-state index contributed by atoms with van der Waals surface area (Å²) >= 11 is 0. The molecule has 1 aromatic rings. The van der Waals surface area contributed by atoms with Gasteiger partial charge in [-0.25, -0.2) is 5.01 Å². The molecule has 0 unspecified atom stereocenters. The number of benzene rings is 1. The molecular formula is C9H7N5. The van der Waals surface area contributed by atoms with Crippen LogP contribution in [-0.2, 0) is 0 Å². The van der Waals surface area contributed by atoms with Crippen LogP contribution in [0, 0.1) is 0 Å².